The molecule has 0 atom stereocenters. The Bertz CT molecular complexity index is 564. The Morgan fingerprint density at radius 3 is 2.52 bits per heavy atom. The van der Waals surface area contributed by atoms with Crippen molar-refractivity contribution in [2.75, 3.05) is 5.32 Å². The van der Waals surface area contributed by atoms with E-state index in [0.29, 0.717) is 6.54 Å². The number of halogens is 3. The van der Waals surface area contributed by atoms with Crippen LogP contribution in [0, 0.1) is 0 Å². The Kier molecular flexibility index (Phi) is 5.17. The minimum atomic E-state index is -4.25. The number of alkyl halides is 3. The quantitative estimate of drug-likeness (QED) is 0.795. The van der Waals surface area contributed by atoms with Gasteiger partial charge in [0.1, 0.15) is 0 Å². The fourth-order valence-corrected chi connectivity index (χ4v) is 2.43. The summed E-state index contributed by atoms with van der Waals surface area (Å²) in [6, 6.07) is 8.15. The number of aromatic nitrogens is 2. The first-order valence-electron chi connectivity index (χ1n) is 6.58. The summed E-state index contributed by atoms with van der Waals surface area (Å²) in [5.41, 5.74) is -2.42. The molecule has 0 saturated carbocycles. The largest absolute Gasteiger partial charge is 0.446 e. The molecule has 0 saturated heterocycles. The summed E-state index contributed by atoms with van der Waals surface area (Å²) >= 11 is -0.108. The van der Waals surface area contributed by atoms with Crippen molar-refractivity contribution < 1.29 is 13.2 Å². The van der Waals surface area contributed by atoms with Crippen LogP contribution >= 0.6 is 11.8 Å². The van der Waals surface area contributed by atoms with Gasteiger partial charge >= 0.3 is 5.51 Å². The van der Waals surface area contributed by atoms with Crippen LogP contribution in [0.15, 0.2) is 41.4 Å². The maximum Gasteiger partial charge on any atom is 0.446 e. The van der Waals surface area contributed by atoms with Crippen LogP contribution in [0.2, 0.25) is 0 Å². The lowest BCUT2D eigenvalue weighted by Crippen LogP contribution is -2.08. The zero-order chi connectivity index (χ0) is 15.3. The number of thioether (sulfide) groups is 1. The highest BCUT2D eigenvalue weighted by Crippen LogP contribution is 2.37. The average molecular weight is 315 g/mol. The predicted octanol–water partition coefficient (Wildman–Crippen LogP) is 4.52. The molecule has 1 aromatic heterocycles. The molecule has 0 unspecified atom stereocenters. The lowest BCUT2D eigenvalue weighted by molar-refractivity contribution is -0.0328. The molecule has 0 amide bonds. The van der Waals surface area contributed by atoms with Crippen molar-refractivity contribution in [1.29, 1.82) is 0 Å². The van der Waals surface area contributed by atoms with Gasteiger partial charge in [-0.25, -0.2) is 0 Å². The lowest BCUT2D eigenvalue weighted by Gasteiger charge is -2.10. The van der Waals surface area contributed by atoms with Gasteiger partial charge in [-0.2, -0.15) is 18.3 Å². The molecule has 1 N–H and O–H groups in total. The molecule has 21 heavy (non-hydrogen) atoms. The van der Waals surface area contributed by atoms with Gasteiger partial charge in [-0.1, -0.05) is 6.92 Å². The first kappa shape index (κ1) is 15.8. The lowest BCUT2D eigenvalue weighted by atomic mass is 10.3. The Balaban J connectivity index is 1.93. The highest BCUT2D eigenvalue weighted by atomic mass is 32.2. The van der Waals surface area contributed by atoms with Crippen LogP contribution in [-0.4, -0.2) is 15.3 Å². The zero-order valence-electron chi connectivity index (χ0n) is 11.5. The fraction of sp³-hybridized carbons (Fsp3) is 0.357. The third kappa shape index (κ3) is 5.00. The number of aryl methyl sites for hydroxylation is 1. The van der Waals surface area contributed by atoms with Crippen molar-refractivity contribution in [3.05, 3.63) is 42.2 Å². The smallest absolute Gasteiger partial charge is 0.379 e. The molecule has 7 heteroatoms. The number of hydrogen-bond acceptors (Lipinski definition) is 3. The molecule has 0 radical (unpaired) electrons. The Hall–Kier alpha value is -1.63. The molecule has 0 bridgehead atoms. The summed E-state index contributed by atoms with van der Waals surface area (Å²) in [7, 11) is 0. The van der Waals surface area contributed by atoms with Crippen molar-refractivity contribution in [3.8, 4) is 0 Å². The molecular formula is C14H16F3N3S. The van der Waals surface area contributed by atoms with Crippen molar-refractivity contribution in [2.45, 2.75) is 36.8 Å². The number of anilines is 1. The molecule has 1 heterocycles. The van der Waals surface area contributed by atoms with Gasteiger partial charge in [-0.15, -0.1) is 0 Å². The second-order valence-corrected chi connectivity index (χ2v) is 5.61. The topological polar surface area (TPSA) is 29.9 Å². The summed E-state index contributed by atoms with van der Waals surface area (Å²) in [6.45, 7) is 3.52. The van der Waals surface area contributed by atoms with Crippen molar-refractivity contribution in [2.24, 2.45) is 0 Å². The minimum Gasteiger partial charge on any atom is -0.379 e. The summed E-state index contributed by atoms with van der Waals surface area (Å²) in [6.07, 6.45) is 2.74. The van der Waals surface area contributed by atoms with Gasteiger partial charge in [0, 0.05) is 23.3 Å². The molecule has 0 fully saturated rings. The Morgan fingerprint density at radius 2 is 1.90 bits per heavy atom. The maximum atomic E-state index is 12.2. The van der Waals surface area contributed by atoms with E-state index in [-0.39, 0.29) is 16.7 Å². The summed E-state index contributed by atoms with van der Waals surface area (Å²) in [5.74, 6) is 0. The standard InChI is InChI=1S/C14H16F3N3S/c1-2-9-20-12(7-8-19-20)10-18-11-3-5-13(6-4-11)21-14(15,16)17/h3-8,18H,2,9-10H2,1H3. The highest BCUT2D eigenvalue weighted by molar-refractivity contribution is 8.00. The molecule has 1 aromatic carbocycles. The molecule has 2 rings (SSSR count). The van der Waals surface area contributed by atoms with E-state index in [1.165, 1.54) is 12.1 Å². The van der Waals surface area contributed by atoms with Gasteiger partial charge in [0.25, 0.3) is 0 Å². The molecule has 3 nitrogen and oxygen atoms in total. The van der Waals surface area contributed by atoms with Gasteiger partial charge in [0.15, 0.2) is 0 Å². The van der Waals surface area contributed by atoms with E-state index in [4.69, 9.17) is 0 Å². The number of rotatable bonds is 6. The predicted molar refractivity (Wildman–Crippen MR) is 78.2 cm³/mol. The summed E-state index contributed by atoms with van der Waals surface area (Å²) in [5, 5.41) is 7.41. The molecule has 2 aromatic rings. The number of nitrogens with one attached hydrogen (secondary N) is 1. The third-order valence-electron chi connectivity index (χ3n) is 2.80. The van der Waals surface area contributed by atoms with Crippen LogP contribution in [0.5, 0.6) is 0 Å². The van der Waals surface area contributed by atoms with Crippen molar-refractivity contribution >= 4 is 17.4 Å². The maximum absolute atomic E-state index is 12.2. The SMILES string of the molecule is CCCn1nccc1CNc1ccc(SC(F)(F)F)cc1. The van der Waals surface area contributed by atoms with E-state index in [1.807, 2.05) is 10.7 Å². The third-order valence-corrected chi connectivity index (χ3v) is 3.54. The van der Waals surface area contributed by atoms with Crippen LogP contribution in [0.3, 0.4) is 0 Å². The first-order valence-corrected chi connectivity index (χ1v) is 7.40. The van der Waals surface area contributed by atoms with Crippen LogP contribution in [0.25, 0.3) is 0 Å². The number of hydrogen-bond donors (Lipinski definition) is 1. The highest BCUT2D eigenvalue weighted by Gasteiger charge is 2.28. The van der Waals surface area contributed by atoms with Gasteiger partial charge in [-0.05, 0) is 48.5 Å². The molecule has 0 aliphatic rings. The van der Waals surface area contributed by atoms with Crippen molar-refractivity contribution in [1.82, 2.24) is 9.78 Å². The zero-order valence-corrected chi connectivity index (χ0v) is 12.3. The van der Waals surface area contributed by atoms with E-state index >= 15 is 0 Å². The second kappa shape index (κ2) is 6.89. The van der Waals surface area contributed by atoms with E-state index in [9.17, 15) is 13.2 Å². The monoisotopic (exact) mass is 315 g/mol. The van der Waals surface area contributed by atoms with Crippen molar-refractivity contribution in [3.63, 3.8) is 0 Å². The van der Waals surface area contributed by atoms with E-state index < -0.39 is 5.51 Å². The van der Waals surface area contributed by atoms with Gasteiger partial charge in [0.05, 0.1) is 12.2 Å². The minimum absolute atomic E-state index is 0.108. The van der Waals surface area contributed by atoms with Gasteiger partial charge in [-0.3, -0.25) is 4.68 Å². The second-order valence-electron chi connectivity index (χ2n) is 4.47. The Labute approximate surface area is 125 Å². The molecule has 0 aliphatic carbocycles. The van der Waals surface area contributed by atoms with Gasteiger partial charge in [0.2, 0.25) is 0 Å². The average Bonchev–Trinajstić information content (AvgIpc) is 2.84. The van der Waals surface area contributed by atoms with Crippen LogP contribution < -0.4 is 5.32 Å². The normalized spacial score (nSPS) is 11.6. The Morgan fingerprint density at radius 1 is 1.19 bits per heavy atom. The molecule has 0 spiro atoms. The first-order chi connectivity index (χ1) is 9.98. The van der Waals surface area contributed by atoms with Crippen LogP contribution in [0.4, 0.5) is 18.9 Å². The number of benzene rings is 1. The summed E-state index contributed by atoms with van der Waals surface area (Å²) < 4.78 is 38.6. The fourth-order valence-electron chi connectivity index (χ4n) is 1.89. The van der Waals surface area contributed by atoms with E-state index in [0.717, 1.165) is 24.3 Å². The number of nitrogens with zero attached hydrogens (tertiary/aromatic N) is 2. The summed E-state index contributed by atoms with van der Waals surface area (Å²) in [4.78, 5) is 0.184. The van der Waals surface area contributed by atoms with E-state index in [1.54, 1.807) is 18.3 Å². The van der Waals surface area contributed by atoms with Crippen LogP contribution in [0.1, 0.15) is 19.0 Å². The molecule has 114 valence electrons. The van der Waals surface area contributed by atoms with Gasteiger partial charge < -0.3 is 5.32 Å². The molecular weight excluding hydrogens is 299 g/mol. The van der Waals surface area contributed by atoms with Crippen LogP contribution in [-0.2, 0) is 13.1 Å². The van der Waals surface area contributed by atoms with E-state index in [2.05, 4.69) is 17.3 Å². The molecule has 0 aliphatic heterocycles.